The Hall–Kier alpha value is -2.87. The average molecular weight is 474 g/mol. The van der Waals surface area contributed by atoms with Crippen LogP contribution in [0, 0.1) is 13.8 Å². The van der Waals surface area contributed by atoms with Gasteiger partial charge in [0, 0.05) is 12.6 Å². The van der Waals surface area contributed by atoms with Crippen LogP contribution < -0.4 is 9.62 Å². The Morgan fingerprint density at radius 2 is 1.58 bits per heavy atom. The van der Waals surface area contributed by atoms with E-state index in [9.17, 15) is 18.0 Å². The molecule has 8 heteroatoms. The molecule has 0 saturated carbocycles. The van der Waals surface area contributed by atoms with E-state index < -0.39 is 28.5 Å². The SMILES string of the molecule is CC[C@@H](C)NC(=O)[C@@H](C)N(Cc1ccccc1)C(=O)CN(c1cc(C)cc(C)c1)S(C)(=O)=O. The maximum absolute atomic E-state index is 13.5. The summed E-state index contributed by atoms with van der Waals surface area (Å²) in [4.78, 5) is 27.8. The molecule has 2 atom stereocenters. The van der Waals surface area contributed by atoms with Crippen molar-refractivity contribution in [2.24, 2.45) is 0 Å². The van der Waals surface area contributed by atoms with Gasteiger partial charge >= 0.3 is 0 Å². The second kappa shape index (κ2) is 11.3. The van der Waals surface area contributed by atoms with Crippen LogP contribution in [0.5, 0.6) is 0 Å². The Bertz CT molecular complexity index is 1050. The van der Waals surface area contributed by atoms with Gasteiger partial charge in [-0.05, 0) is 62.9 Å². The highest BCUT2D eigenvalue weighted by Crippen LogP contribution is 2.22. The summed E-state index contributed by atoms with van der Waals surface area (Å²) in [6.07, 6.45) is 1.85. The van der Waals surface area contributed by atoms with Gasteiger partial charge in [0.1, 0.15) is 12.6 Å². The third-order valence-electron chi connectivity index (χ3n) is 5.54. The van der Waals surface area contributed by atoms with Gasteiger partial charge in [-0.1, -0.05) is 43.3 Å². The van der Waals surface area contributed by atoms with E-state index in [1.807, 2.05) is 64.1 Å². The van der Waals surface area contributed by atoms with Crippen molar-refractivity contribution in [2.75, 3.05) is 17.1 Å². The van der Waals surface area contributed by atoms with Gasteiger partial charge in [0.25, 0.3) is 0 Å². The number of sulfonamides is 1. The van der Waals surface area contributed by atoms with E-state index in [0.29, 0.717) is 5.69 Å². The monoisotopic (exact) mass is 473 g/mol. The van der Waals surface area contributed by atoms with Gasteiger partial charge in [-0.3, -0.25) is 13.9 Å². The lowest BCUT2D eigenvalue weighted by Gasteiger charge is -2.32. The number of benzene rings is 2. The summed E-state index contributed by atoms with van der Waals surface area (Å²) in [7, 11) is -3.74. The minimum atomic E-state index is -3.74. The summed E-state index contributed by atoms with van der Waals surface area (Å²) >= 11 is 0. The highest BCUT2D eigenvalue weighted by atomic mass is 32.2. The first kappa shape index (κ1) is 26.4. The summed E-state index contributed by atoms with van der Waals surface area (Å²) in [6, 6.07) is 14.0. The lowest BCUT2D eigenvalue weighted by atomic mass is 10.1. The molecule has 0 aliphatic heterocycles. The van der Waals surface area contributed by atoms with E-state index >= 15 is 0 Å². The molecule has 2 amide bonds. The lowest BCUT2D eigenvalue weighted by Crippen LogP contribution is -2.52. The molecule has 0 spiro atoms. The molecule has 0 aliphatic carbocycles. The van der Waals surface area contributed by atoms with Crippen molar-refractivity contribution < 1.29 is 18.0 Å². The number of rotatable bonds is 10. The summed E-state index contributed by atoms with van der Waals surface area (Å²) in [5.41, 5.74) is 3.08. The maximum Gasteiger partial charge on any atom is 0.244 e. The summed E-state index contributed by atoms with van der Waals surface area (Å²) in [5, 5.41) is 2.92. The van der Waals surface area contributed by atoms with Gasteiger partial charge in [0.2, 0.25) is 21.8 Å². The van der Waals surface area contributed by atoms with Gasteiger partial charge in [-0.15, -0.1) is 0 Å². The molecule has 0 aromatic heterocycles. The van der Waals surface area contributed by atoms with Crippen LogP contribution in [0.15, 0.2) is 48.5 Å². The zero-order chi connectivity index (χ0) is 24.8. The number of aryl methyl sites for hydroxylation is 2. The van der Waals surface area contributed by atoms with E-state index in [0.717, 1.165) is 33.7 Å². The van der Waals surface area contributed by atoms with Crippen LogP contribution in [0.25, 0.3) is 0 Å². The molecule has 7 nitrogen and oxygen atoms in total. The predicted octanol–water partition coefficient (Wildman–Crippen LogP) is 3.40. The Kier molecular flexibility index (Phi) is 9.05. The molecule has 2 aromatic carbocycles. The Morgan fingerprint density at radius 1 is 1.00 bits per heavy atom. The molecule has 180 valence electrons. The lowest BCUT2D eigenvalue weighted by molar-refractivity contribution is -0.139. The topological polar surface area (TPSA) is 86.8 Å². The molecule has 2 rings (SSSR count). The van der Waals surface area contributed by atoms with E-state index in [4.69, 9.17) is 0 Å². The van der Waals surface area contributed by atoms with Crippen LogP contribution in [-0.2, 0) is 26.2 Å². The number of amides is 2. The smallest absolute Gasteiger partial charge is 0.244 e. The predicted molar refractivity (Wildman–Crippen MR) is 132 cm³/mol. The fourth-order valence-electron chi connectivity index (χ4n) is 3.54. The van der Waals surface area contributed by atoms with Gasteiger partial charge in [-0.25, -0.2) is 8.42 Å². The number of nitrogens with zero attached hydrogens (tertiary/aromatic N) is 2. The highest BCUT2D eigenvalue weighted by molar-refractivity contribution is 7.92. The molecule has 2 aromatic rings. The molecule has 0 heterocycles. The molecule has 0 bridgehead atoms. The average Bonchev–Trinajstić information content (AvgIpc) is 2.74. The van der Waals surface area contributed by atoms with Crippen LogP contribution >= 0.6 is 0 Å². The van der Waals surface area contributed by atoms with Crippen LogP contribution in [0.2, 0.25) is 0 Å². The van der Waals surface area contributed by atoms with E-state index in [1.54, 1.807) is 19.1 Å². The second-order valence-electron chi connectivity index (χ2n) is 8.62. The maximum atomic E-state index is 13.5. The van der Waals surface area contributed by atoms with Crippen molar-refractivity contribution in [3.8, 4) is 0 Å². The van der Waals surface area contributed by atoms with E-state index in [-0.39, 0.29) is 18.5 Å². The molecular formula is C25H35N3O4S. The van der Waals surface area contributed by atoms with Crippen LogP contribution in [-0.4, -0.2) is 50.0 Å². The van der Waals surface area contributed by atoms with Gasteiger partial charge in [0.15, 0.2) is 0 Å². The normalized spacial score (nSPS) is 13.2. The second-order valence-corrected chi connectivity index (χ2v) is 10.5. The van der Waals surface area contributed by atoms with Crippen LogP contribution in [0.3, 0.4) is 0 Å². The molecule has 0 fully saturated rings. The molecule has 33 heavy (non-hydrogen) atoms. The Labute approximate surface area is 197 Å². The Balaban J connectivity index is 2.39. The van der Waals surface area contributed by atoms with E-state index in [1.165, 1.54) is 4.90 Å². The highest BCUT2D eigenvalue weighted by Gasteiger charge is 2.30. The van der Waals surface area contributed by atoms with Crippen molar-refractivity contribution in [2.45, 2.75) is 59.7 Å². The fourth-order valence-corrected chi connectivity index (χ4v) is 4.37. The number of carbonyl (C=O) groups excluding carboxylic acids is 2. The third kappa shape index (κ3) is 7.60. The zero-order valence-electron chi connectivity index (χ0n) is 20.3. The molecule has 1 N–H and O–H groups in total. The summed E-state index contributed by atoms with van der Waals surface area (Å²) in [5.74, 6) is -0.721. The van der Waals surface area contributed by atoms with Gasteiger partial charge < -0.3 is 10.2 Å². The molecule has 0 saturated heterocycles. The van der Waals surface area contributed by atoms with Crippen molar-refractivity contribution in [3.63, 3.8) is 0 Å². The van der Waals surface area contributed by atoms with Crippen molar-refractivity contribution in [1.82, 2.24) is 10.2 Å². The molecule has 0 radical (unpaired) electrons. The first-order valence-electron chi connectivity index (χ1n) is 11.1. The quantitative estimate of drug-likeness (QED) is 0.573. The Morgan fingerprint density at radius 3 is 2.09 bits per heavy atom. The minimum absolute atomic E-state index is 0.0311. The first-order valence-corrected chi connectivity index (χ1v) is 13.0. The van der Waals surface area contributed by atoms with Crippen molar-refractivity contribution in [3.05, 3.63) is 65.2 Å². The molecule has 0 unspecified atom stereocenters. The number of anilines is 1. The summed E-state index contributed by atoms with van der Waals surface area (Å²) < 4.78 is 26.4. The van der Waals surface area contributed by atoms with Crippen LogP contribution in [0.4, 0.5) is 5.69 Å². The molecule has 0 aliphatic rings. The standard InChI is InChI=1S/C25H35N3O4S/c1-7-20(4)26-25(30)21(5)27(16-22-11-9-8-10-12-22)24(29)17-28(33(6,31)32)23-14-18(2)13-19(3)15-23/h8-15,20-21H,7,16-17H2,1-6H3,(H,26,30)/t20-,21-/m1/s1. The third-order valence-corrected chi connectivity index (χ3v) is 6.68. The first-order chi connectivity index (χ1) is 15.4. The van der Waals surface area contributed by atoms with Gasteiger partial charge in [-0.2, -0.15) is 0 Å². The number of hydrogen-bond acceptors (Lipinski definition) is 4. The summed E-state index contributed by atoms with van der Waals surface area (Å²) in [6.45, 7) is 9.09. The van der Waals surface area contributed by atoms with E-state index in [2.05, 4.69) is 5.32 Å². The molecular weight excluding hydrogens is 438 g/mol. The van der Waals surface area contributed by atoms with Crippen molar-refractivity contribution >= 4 is 27.5 Å². The van der Waals surface area contributed by atoms with Crippen LogP contribution in [0.1, 0.15) is 43.9 Å². The fraction of sp³-hybridized carbons (Fsp3) is 0.440. The zero-order valence-corrected chi connectivity index (χ0v) is 21.1. The number of nitrogens with one attached hydrogen (secondary N) is 1. The van der Waals surface area contributed by atoms with Crippen molar-refractivity contribution in [1.29, 1.82) is 0 Å². The van der Waals surface area contributed by atoms with Gasteiger partial charge in [0.05, 0.1) is 11.9 Å². The largest absolute Gasteiger partial charge is 0.352 e. The minimum Gasteiger partial charge on any atom is -0.352 e. The number of carbonyl (C=O) groups is 2. The number of hydrogen-bond donors (Lipinski definition) is 1.